The first-order valence-corrected chi connectivity index (χ1v) is 6.17. The van der Waals surface area contributed by atoms with Crippen molar-refractivity contribution >= 4 is 0 Å². The van der Waals surface area contributed by atoms with E-state index in [2.05, 4.69) is 30.6 Å². The molecule has 1 aliphatic rings. The zero-order chi connectivity index (χ0) is 11.4. The van der Waals surface area contributed by atoms with E-state index in [9.17, 15) is 5.11 Å². The summed E-state index contributed by atoms with van der Waals surface area (Å²) in [6.07, 6.45) is 0.728. The van der Waals surface area contributed by atoms with Crippen LogP contribution in [0.5, 0.6) is 0 Å². The van der Waals surface area contributed by atoms with E-state index in [1.54, 1.807) is 0 Å². The second-order valence-corrected chi connectivity index (χ2v) is 5.11. The third kappa shape index (κ3) is 4.09. The van der Waals surface area contributed by atoms with Gasteiger partial charge < -0.3 is 5.11 Å². The SMILES string of the molecule is CC(O)CCN1CCN(C(C)C)CC1C. The van der Waals surface area contributed by atoms with Crippen LogP contribution in [-0.4, -0.2) is 59.3 Å². The predicted octanol–water partition coefficient (Wildman–Crippen LogP) is 1.17. The van der Waals surface area contributed by atoms with Crippen LogP contribution in [0.4, 0.5) is 0 Å². The van der Waals surface area contributed by atoms with Gasteiger partial charge in [-0.2, -0.15) is 0 Å². The Labute approximate surface area is 94.1 Å². The Morgan fingerprint density at radius 2 is 1.93 bits per heavy atom. The maximum absolute atomic E-state index is 9.27. The van der Waals surface area contributed by atoms with Gasteiger partial charge in [0.2, 0.25) is 0 Å². The molecule has 0 saturated carbocycles. The van der Waals surface area contributed by atoms with Gasteiger partial charge in [0.1, 0.15) is 0 Å². The van der Waals surface area contributed by atoms with Gasteiger partial charge in [-0.25, -0.2) is 0 Å². The van der Waals surface area contributed by atoms with Gasteiger partial charge in [0.15, 0.2) is 0 Å². The van der Waals surface area contributed by atoms with Crippen molar-refractivity contribution in [3.05, 3.63) is 0 Å². The van der Waals surface area contributed by atoms with Crippen LogP contribution in [0, 0.1) is 0 Å². The van der Waals surface area contributed by atoms with Crippen LogP contribution in [0.2, 0.25) is 0 Å². The number of aliphatic hydroxyl groups excluding tert-OH is 1. The minimum atomic E-state index is -0.166. The fraction of sp³-hybridized carbons (Fsp3) is 1.00. The van der Waals surface area contributed by atoms with Crippen molar-refractivity contribution in [1.82, 2.24) is 9.80 Å². The quantitative estimate of drug-likeness (QED) is 0.761. The summed E-state index contributed by atoms with van der Waals surface area (Å²) in [7, 11) is 0. The highest BCUT2D eigenvalue weighted by Crippen LogP contribution is 2.12. The molecule has 0 aromatic heterocycles. The molecule has 3 heteroatoms. The standard InChI is InChI=1S/C12H26N2O/c1-10(2)14-8-7-13(11(3)9-14)6-5-12(4)15/h10-12,15H,5-9H2,1-4H3. The monoisotopic (exact) mass is 214 g/mol. The van der Waals surface area contributed by atoms with Gasteiger partial charge >= 0.3 is 0 Å². The van der Waals surface area contributed by atoms with Crippen LogP contribution in [0.1, 0.15) is 34.1 Å². The molecule has 1 fully saturated rings. The van der Waals surface area contributed by atoms with Crippen molar-refractivity contribution in [1.29, 1.82) is 0 Å². The summed E-state index contributed by atoms with van der Waals surface area (Å²) in [6, 6.07) is 1.28. The molecular formula is C12H26N2O. The van der Waals surface area contributed by atoms with Crippen LogP contribution in [0.3, 0.4) is 0 Å². The smallest absolute Gasteiger partial charge is 0.0524 e. The average Bonchev–Trinajstić information content (AvgIpc) is 2.15. The first kappa shape index (κ1) is 12.9. The van der Waals surface area contributed by atoms with Crippen LogP contribution in [0.25, 0.3) is 0 Å². The Morgan fingerprint density at radius 1 is 1.27 bits per heavy atom. The van der Waals surface area contributed by atoms with Gasteiger partial charge in [-0.3, -0.25) is 9.80 Å². The number of hydrogen-bond donors (Lipinski definition) is 1. The van der Waals surface area contributed by atoms with Gasteiger partial charge in [0.25, 0.3) is 0 Å². The van der Waals surface area contributed by atoms with Crippen LogP contribution < -0.4 is 0 Å². The third-order valence-corrected chi connectivity index (χ3v) is 3.36. The molecule has 0 radical (unpaired) electrons. The van der Waals surface area contributed by atoms with Gasteiger partial charge in [0, 0.05) is 38.3 Å². The Bertz CT molecular complexity index is 182. The third-order valence-electron chi connectivity index (χ3n) is 3.36. The summed E-state index contributed by atoms with van der Waals surface area (Å²) in [5, 5.41) is 9.27. The van der Waals surface area contributed by atoms with Crippen LogP contribution >= 0.6 is 0 Å². The molecule has 2 unspecified atom stereocenters. The maximum Gasteiger partial charge on any atom is 0.0524 e. The molecule has 90 valence electrons. The van der Waals surface area contributed by atoms with E-state index in [0.717, 1.165) is 26.1 Å². The summed E-state index contributed by atoms with van der Waals surface area (Å²) < 4.78 is 0. The predicted molar refractivity (Wildman–Crippen MR) is 64.0 cm³/mol. The molecule has 3 nitrogen and oxygen atoms in total. The fourth-order valence-electron chi connectivity index (χ4n) is 2.18. The molecule has 0 aliphatic carbocycles. The molecule has 1 aliphatic heterocycles. The summed E-state index contributed by atoms with van der Waals surface area (Å²) >= 11 is 0. The normalized spacial score (nSPS) is 27.2. The largest absolute Gasteiger partial charge is 0.393 e. The lowest BCUT2D eigenvalue weighted by Gasteiger charge is -2.41. The maximum atomic E-state index is 9.27. The number of rotatable bonds is 4. The summed E-state index contributed by atoms with van der Waals surface area (Å²) in [5.41, 5.74) is 0. The Hall–Kier alpha value is -0.120. The fourth-order valence-corrected chi connectivity index (χ4v) is 2.18. The molecule has 0 aromatic rings. The molecule has 1 N–H and O–H groups in total. The van der Waals surface area contributed by atoms with Crippen molar-refractivity contribution in [2.24, 2.45) is 0 Å². The Balaban J connectivity index is 2.32. The summed E-state index contributed by atoms with van der Waals surface area (Å²) in [5.74, 6) is 0. The molecule has 1 heterocycles. The lowest BCUT2D eigenvalue weighted by molar-refractivity contribution is 0.0536. The number of nitrogens with zero attached hydrogens (tertiary/aromatic N) is 2. The molecule has 1 saturated heterocycles. The zero-order valence-corrected chi connectivity index (χ0v) is 10.6. The van der Waals surface area contributed by atoms with E-state index in [-0.39, 0.29) is 6.10 Å². The minimum absolute atomic E-state index is 0.166. The first-order valence-electron chi connectivity index (χ1n) is 6.17. The Kier molecular flexibility index (Phi) is 5.03. The summed E-state index contributed by atoms with van der Waals surface area (Å²) in [6.45, 7) is 13.2. The molecular weight excluding hydrogens is 188 g/mol. The van der Waals surface area contributed by atoms with E-state index < -0.39 is 0 Å². The topological polar surface area (TPSA) is 26.7 Å². The lowest BCUT2D eigenvalue weighted by atomic mass is 10.1. The van der Waals surface area contributed by atoms with E-state index in [0.29, 0.717) is 12.1 Å². The van der Waals surface area contributed by atoms with Crippen LogP contribution in [-0.2, 0) is 0 Å². The summed E-state index contributed by atoms with van der Waals surface area (Å²) in [4.78, 5) is 5.02. The van der Waals surface area contributed by atoms with E-state index in [1.165, 1.54) is 6.54 Å². The minimum Gasteiger partial charge on any atom is -0.393 e. The second-order valence-electron chi connectivity index (χ2n) is 5.11. The number of aliphatic hydroxyl groups is 1. The van der Waals surface area contributed by atoms with Crippen molar-refractivity contribution < 1.29 is 5.11 Å². The van der Waals surface area contributed by atoms with Gasteiger partial charge in [-0.05, 0) is 34.1 Å². The number of hydrogen-bond acceptors (Lipinski definition) is 3. The first-order chi connectivity index (χ1) is 7.00. The average molecular weight is 214 g/mol. The molecule has 0 aromatic carbocycles. The van der Waals surface area contributed by atoms with E-state index >= 15 is 0 Å². The molecule has 2 atom stereocenters. The molecule has 1 rings (SSSR count). The molecule has 0 spiro atoms. The molecule has 15 heavy (non-hydrogen) atoms. The van der Waals surface area contributed by atoms with Gasteiger partial charge in [0.05, 0.1) is 6.10 Å². The van der Waals surface area contributed by atoms with Gasteiger partial charge in [-0.15, -0.1) is 0 Å². The van der Waals surface area contributed by atoms with E-state index in [4.69, 9.17) is 0 Å². The zero-order valence-electron chi connectivity index (χ0n) is 10.6. The molecule has 0 bridgehead atoms. The number of piperazine rings is 1. The van der Waals surface area contributed by atoms with Crippen LogP contribution in [0.15, 0.2) is 0 Å². The van der Waals surface area contributed by atoms with E-state index in [1.807, 2.05) is 6.92 Å². The van der Waals surface area contributed by atoms with Crippen molar-refractivity contribution in [2.45, 2.75) is 52.3 Å². The highest BCUT2D eigenvalue weighted by molar-refractivity contribution is 4.80. The van der Waals surface area contributed by atoms with Crippen molar-refractivity contribution in [3.8, 4) is 0 Å². The molecule has 0 amide bonds. The lowest BCUT2D eigenvalue weighted by Crippen LogP contribution is -2.54. The van der Waals surface area contributed by atoms with Gasteiger partial charge in [-0.1, -0.05) is 0 Å². The Morgan fingerprint density at radius 3 is 2.40 bits per heavy atom. The highest BCUT2D eigenvalue weighted by Gasteiger charge is 2.24. The van der Waals surface area contributed by atoms with Crippen molar-refractivity contribution in [2.75, 3.05) is 26.2 Å². The highest BCUT2D eigenvalue weighted by atomic mass is 16.3. The second kappa shape index (κ2) is 5.83. The van der Waals surface area contributed by atoms with Crippen molar-refractivity contribution in [3.63, 3.8) is 0 Å².